The molecule has 1 aromatic rings. The molecule has 0 saturated carbocycles. The molecule has 0 aliphatic heterocycles. The maximum Gasteiger partial charge on any atom is 0.326 e. The summed E-state index contributed by atoms with van der Waals surface area (Å²) in [4.78, 5) is 11.1. The van der Waals surface area contributed by atoms with Crippen LogP contribution in [0.25, 0.3) is 0 Å². The molecule has 1 rings (SSSR count). The molecule has 0 fully saturated rings. The molecule has 1 N–H and O–H groups in total. The third-order valence-electron chi connectivity index (χ3n) is 2.40. The van der Waals surface area contributed by atoms with Crippen molar-refractivity contribution in [2.75, 3.05) is 5.75 Å². The van der Waals surface area contributed by atoms with Crippen molar-refractivity contribution in [2.24, 2.45) is 0 Å². The number of nitriles is 1. The van der Waals surface area contributed by atoms with Gasteiger partial charge in [-0.3, -0.25) is 4.79 Å². The van der Waals surface area contributed by atoms with Crippen LogP contribution in [0.15, 0.2) is 30.3 Å². The fourth-order valence-electron chi connectivity index (χ4n) is 1.60. The second-order valence-corrected chi connectivity index (χ2v) is 5.96. The molecule has 0 amide bonds. The van der Waals surface area contributed by atoms with Crippen LogP contribution >= 0.6 is 0 Å². The van der Waals surface area contributed by atoms with E-state index in [1.165, 1.54) is 12.1 Å². The number of unbranched alkanes of at least 4 members (excludes halogenated alkanes) is 1. The summed E-state index contributed by atoms with van der Waals surface area (Å²) in [6.45, 7) is 0. The molecule has 96 valence electrons. The van der Waals surface area contributed by atoms with E-state index in [1.54, 1.807) is 18.2 Å². The Kier molecular flexibility index (Phi) is 4.86. The van der Waals surface area contributed by atoms with Crippen molar-refractivity contribution >= 4 is 15.8 Å². The van der Waals surface area contributed by atoms with Crippen LogP contribution < -0.4 is 0 Å². The summed E-state index contributed by atoms with van der Waals surface area (Å²) in [6, 6.07) is 9.65. The van der Waals surface area contributed by atoms with Gasteiger partial charge in [0.1, 0.15) is 0 Å². The molecule has 0 radical (unpaired) electrons. The Hall–Kier alpha value is -1.87. The zero-order valence-electron chi connectivity index (χ0n) is 9.61. The smallest absolute Gasteiger partial charge is 0.326 e. The minimum Gasteiger partial charge on any atom is -0.480 e. The van der Waals surface area contributed by atoms with Crippen molar-refractivity contribution < 1.29 is 18.3 Å². The van der Waals surface area contributed by atoms with Gasteiger partial charge in [0.25, 0.3) is 0 Å². The molecule has 0 heterocycles. The van der Waals surface area contributed by atoms with Crippen LogP contribution in [0.3, 0.4) is 0 Å². The molecular formula is C12H13NO4S. The highest BCUT2D eigenvalue weighted by Gasteiger charge is 2.33. The molecule has 0 aliphatic carbocycles. The molecule has 1 unspecified atom stereocenters. The van der Waals surface area contributed by atoms with E-state index < -0.39 is 21.1 Å². The number of carboxylic acid groups (broad SMARTS) is 1. The zero-order chi connectivity index (χ0) is 13.6. The topological polar surface area (TPSA) is 95.2 Å². The van der Waals surface area contributed by atoms with Crippen LogP contribution in [0.1, 0.15) is 23.7 Å². The molecule has 0 saturated heterocycles. The summed E-state index contributed by atoms with van der Waals surface area (Å²) in [7, 11) is -3.80. The minimum atomic E-state index is -3.80. The van der Waals surface area contributed by atoms with E-state index >= 15 is 0 Å². The molecule has 1 atom stereocenters. The SMILES string of the molecule is N#CCCCS(=O)(=O)C(C(=O)O)c1ccccc1. The monoisotopic (exact) mass is 267 g/mol. The van der Waals surface area contributed by atoms with E-state index in [2.05, 4.69) is 0 Å². The molecule has 0 aromatic heterocycles. The fraction of sp³-hybridized carbons (Fsp3) is 0.333. The third kappa shape index (κ3) is 3.57. The molecule has 0 aliphatic rings. The molecule has 1 aromatic carbocycles. The normalized spacial score (nSPS) is 12.6. The second kappa shape index (κ2) is 6.17. The number of carbonyl (C=O) groups is 1. The van der Waals surface area contributed by atoms with Crippen LogP contribution in [0, 0.1) is 11.3 Å². The number of hydrogen-bond acceptors (Lipinski definition) is 4. The van der Waals surface area contributed by atoms with Crippen molar-refractivity contribution in [2.45, 2.75) is 18.1 Å². The number of hydrogen-bond donors (Lipinski definition) is 1. The van der Waals surface area contributed by atoms with Gasteiger partial charge in [0.15, 0.2) is 15.1 Å². The van der Waals surface area contributed by atoms with E-state index in [0.717, 1.165) is 0 Å². The lowest BCUT2D eigenvalue weighted by Gasteiger charge is -2.13. The summed E-state index contributed by atoms with van der Waals surface area (Å²) < 4.78 is 23.9. The minimum absolute atomic E-state index is 0.0976. The third-order valence-corrected chi connectivity index (χ3v) is 4.45. The number of rotatable bonds is 6. The molecule has 0 spiro atoms. The summed E-state index contributed by atoms with van der Waals surface area (Å²) in [5, 5.41) is 15.9. The molecule has 6 heteroatoms. The maximum atomic E-state index is 12.0. The fourth-order valence-corrected chi connectivity index (χ4v) is 3.26. The van der Waals surface area contributed by atoms with E-state index in [-0.39, 0.29) is 24.2 Å². The first-order valence-electron chi connectivity index (χ1n) is 5.35. The van der Waals surface area contributed by atoms with Crippen LogP contribution in [0.2, 0.25) is 0 Å². The summed E-state index contributed by atoms with van der Waals surface area (Å²) in [5.41, 5.74) is 0.238. The van der Waals surface area contributed by atoms with Crippen LogP contribution in [-0.4, -0.2) is 25.2 Å². The van der Waals surface area contributed by atoms with Crippen molar-refractivity contribution in [3.8, 4) is 6.07 Å². The molecule has 18 heavy (non-hydrogen) atoms. The van der Waals surface area contributed by atoms with Crippen molar-refractivity contribution in [3.63, 3.8) is 0 Å². The second-order valence-electron chi connectivity index (χ2n) is 3.76. The van der Waals surface area contributed by atoms with Crippen molar-refractivity contribution in [1.29, 1.82) is 5.26 Å². The number of aliphatic carboxylic acids is 1. The van der Waals surface area contributed by atoms with Gasteiger partial charge in [0.2, 0.25) is 0 Å². The van der Waals surface area contributed by atoms with Crippen LogP contribution in [0.5, 0.6) is 0 Å². The Balaban J connectivity index is 3.00. The predicted octanol–water partition coefficient (Wildman–Crippen LogP) is 1.53. The lowest BCUT2D eigenvalue weighted by atomic mass is 10.1. The van der Waals surface area contributed by atoms with Gasteiger partial charge >= 0.3 is 5.97 Å². The Morgan fingerprint density at radius 1 is 1.33 bits per heavy atom. The van der Waals surface area contributed by atoms with Crippen LogP contribution in [0.4, 0.5) is 0 Å². The first-order chi connectivity index (χ1) is 8.49. The average molecular weight is 267 g/mol. The molecule has 0 bridgehead atoms. The van der Waals surface area contributed by atoms with E-state index in [9.17, 15) is 13.2 Å². The lowest BCUT2D eigenvalue weighted by Crippen LogP contribution is -2.24. The number of carboxylic acids is 1. The van der Waals surface area contributed by atoms with Crippen molar-refractivity contribution in [3.05, 3.63) is 35.9 Å². The zero-order valence-corrected chi connectivity index (χ0v) is 10.4. The largest absolute Gasteiger partial charge is 0.480 e. The quantitative estimate of drug-likeness (QED) is 0.788. The number of benzene rings is 1. The van der Waals surface area contributed by atoms with Gasteiger partial charge in [0.05, 0.1) is 11.8 Å². The summed E-state index contributed by atoms with van der Waals surface area (Å²) in [5.74, 6) is -1.69. The van der Waals surface area contributed by atoms with Gasteiger partial charge in [-0.15, -0.1) is 0 Å². The van der Waals surface area contributed by atoms with E-state index in [0.29, 0.717) is 0 Å². The van der Waals surface area contributed by atoms with Gasteiger partial charge < -0.3 is 5.11 Å². The van der Waals surface area contributed by atoms with Gasteiger partial charge in [-0.05, 0) is 12.0 Å². The first-order valence-corrected chi connectivity index (χ1v) is 7.07. The molecular weight excluding hydrogens is 254 g/mol. The Bertz CT molecular complexity index is 545. The van der Waals surface area contributed by atoms with Gasteiger partial charge in [-0.25, -0.2) is 8.42 Å². The molecule has 5 nitrogen and oxygen atoms in total. The van der Waals surface area contributed by atoms with Crippen molar-refractivity contribution in [1.82, 2.24) is 0 Å². The van der Waals surface area contributed by atoms with Gasteiger partial charge in [-0.2, -0.15) is 5.26 Å². The Morgan fingerprint density at radius 2 is 1.94 bits per heavy atom. The summed E-state index contributed by atoms with van der Waals surface area (Å²) >= 11 is 0. The maximum absolute atomic E-state index is 12.0. The van der Waals surface area contributed by atoms with Gasteiger partial charge in [0, 0.05) is 6.42 Å². The van der Waals surface area contributed by atoms with Gasteiger partial charge in [-0.1, -0.05) is 30.3 Å². The van der Waals surface area contributed by atoms with E-state index in [4.69, 9.17) is 10.4 Å². The highest BCUT2D eigenvalue weighted by atomic mass is 32.2. The Labute approximate surface area is 106 Å². The first kappa shape index (κ1) is 14.2. The summed E-state index contributed by atoms with van der Waals surface area (Å²) in [6.07, 6.45) is 0.246. The van der Waals surface area contributed by atoms with Crippen LogP contribution in [-0.2, 0) is 14.6 Å². The Morgan fingerprint density at radius 3 is 2.44 bits per heavy atom. The number of nitrogens with zero attached hydrogens (tertiary/aromatic N) is 1. The standard InChI is InChI=1S/C12H13NO4S/c13-8-4-5-9-18(16,17)11(12(14)15)10-6-2-1-3-7-10/h1-3,6-7,11H,4-5,9H2,(H,14,15). The lowest BCUT2D eigenvalue weighted by molar-refractivity contribution is -0.136. The highest BCUT2D eigenvalue weighted by molar-refractivity contribution is 7.92. The number of sulfone groups is 1. The highest BCUT2D eigenvalue weighted by Crippen LogP contribution is 2.24. The average Bonchev–Trinajstić information content (AvgIpc) is 2.29. The van der Waals surface area contributed by atoms with E-state index in [1.807, 2.05) is 6.07 Å². The predicted molar refractivity (Wildman–Crippen MR) is 65.5 cm³/mol.